The van der Waals surface area contributed by atoms with Gasteiger partial charge in [0.25, 0.3) is 0 Å². The van der Waals surface area contributed by atoms with Gasteiger partial charge in [-0.1, -0.05) is 11.6 Å². The van der Waals surface area contributed by atoms with E-state index in [4.69, 9.17) is 15.5 Å². The molecule has 0 spiro atoms. The average Bonchev–Trinajstić information content (AvgIpc) is 2.11. The molecule has 0 rings (SSSR count). The first kappa shape index (κ1) is 17.8. The standard InChI is InChI=1S/C10H18NO7P/c11-8(5-10(14)15)4-7(6-19(16,17)18)2-1-3-9(12)13/h4,8H,1-3,5-6,11H2,(H,12,13)(H,14,15)(H2,16,17,18)/p-2/b7-4+. The zero-order valence-corrected chi connectivity index (χ0v) is 11.0. The number of carbonyl (C=O) groups is 2. The number of carboxylic acids is 2. The molecule has 8 nitrogen and oxygen atoms in total. The number of allylic oxidation sites excluding steroid dienone is 1. The van der Waals surface area contributed by atoms with E-state index in [9.17, 15) is 24.4 Å². The monoisotopic (exact) mass is 293 g/mol. The smallest absolute Gasteiger partial charge is 0.329 e. The van der Waals surface area contributed by atoms with Gasteiger partial charge in [-0.3, -0.25) is 4.57 Å². The molecular formula is C10H16NO7P-2. The molecule has 1 atom stereocenters. The third kappa shape index (κ3) is 11.6. The molecule has 0 radical (unpaired) electrons. The van der Waals surface area contributed by atoms with E-state index in [0.29, 0.717) is 0 Å². The minimum Gasteiger partial charge on any atom is -0.550 e. The van der Waals surface area contributed by atoms with Crippen LogP contribution in [-0.4, -0.2) is 33.9 Å². The molecule has 0 saturated carbocycles. The second-order valence-electron chi connectivity index (χ2n) is 4.11. The van der Waals surface area contributed by atoms with Crippen LogP contribution >= 0.6 is 7.60 Å². The zero-order valence-electron chi connectivity index (χ0n) is 10.2. The summed E-state index contributed by atoms with van der Waals surface area (Å²) in [6, 6.07) is -0.936. The summed E-state index contributed by atoms with van der Waals surface area (Å²) in [5, 5.41) is 20.6. The molecule has 19 heavy (non-hydrogen) atoms. The molecule has 0 heterocycles. The van der Waals surface area contributed by atoms with E-state index in [0.717, 1.165) is 0 Å². The van der Waals surface area contributed by atoms with Crippen molar-refractivity contribution in [2.45, 2.75) is 31.7 Å². The summed E-state index contributed by atoms with van der Waals surface area (Å²) in [7, 11) is -4.33. The van der Waals surface area contributed by atoms with Gasteiger partial charge >= 0.3 is 7.60 Å². The topological polar surface area (TPSA) is 164 Å². The molecule has 0 fully saturated rings. The normalized spacial score (nSPS) is 14.2. The first-order chi connectivity index (χ1) is 8.60. The Morgan fingerprint density at radius 3 is 2.21 bits per heavy atom. The molecule has 0 saturated heterocycles. The number of rotatable bonds is 9. The van der Waals surface area contributed by atoms with E-state index < -0.39 is 38.2 Å². The maximum absolute atomic E-state index is 10.9. The van der Waals surface area contributed by atoms with Gasteiger partial charge in [-0.2, -0.15) is 0 Å². The molecule has 1 unspecified atom stereocenters. The van der Waals surface area contributed by atoms with Crippen molar-refractivity contribution < 1.29 is 34.2 Å². The second-order valence-corrected chi connectivity index (χ2v) is 5.76. The van der Waals surface area contributed by atoms with Crippen molar-refractivity contribution in [3.63, 3.8) is 0 Å². The minimum atomic E-state index is -4.33. The van der Waals surface area contributed by atoms with Crippen molar-refractivity contribution in [2.75, 3.05) is 6.16 Å². The van der Waals surface area contributed by atoms with Gasteiger partial charge in [0.05, 0.1) is 6.16 Å². The molecule has 0 aromatic rings. The summed E-state index contributed by atoms with van der Waals surface area (Å²) in [6.07, 6.45) is 0.135. The highest BCUT2D eigenvalue weighted by Crippen LogP contribution is 2.37. The van der Waals surface area contributed by atoms with Crippen LogP contribution in [0.2, 0.25) is 0 Å². The maximum Gasteiger partial charge on any atom is 0.329 e. The van der Waals surface area contributed by atoms with Crippen molar-refractivity contribution in [1.29, 1.82) is 0 Å². The van der Waals surface area contributed by atoms with Crippen LogP contribution in [0.3, 0.4) is 0 Å². The number of carbonyl (C=O) groups excluding carboxylic acids is 2. The first-order valence-corrected chi connectivity index (χ1v) is 7.29. The van der Waals surface area contributed by atoms with Gasteiger partial charge < -0.3 is 35.3 Å². The van der Waals surface area contributed by atoms with Gasteiger partial charge in [0.15, 0.2) is 0 Å². The van der Waals surface area contributed by atoms with Crippen LogP contribution in [0.4, 0.5) is 0 Å². The van der Waals surface area contributed by atoms with Crippen LogP contribution in [0.5, 0.6) is 0 Å². The minimum absolute atomic E-state index is 0.0971. The largest absolute Gasteiger partial charge is 0.550 e. The number of aliphatic carboxylic acids is 2. The fourth-order valence-electron chi connectivity index (χ4n) is 1.49. The van der Waals surface area contributed by atoms with Gasteiger partial charge in [-0.05, 0) is 19.3 Å². The molecule has 0 aliphatic rings. The van der Waals surface area contributed by atoms with Crippen LogP contribution in [-0.2, 0) is 14.2 Å². The highest BCUT2D eigenvalue weighted by atomic mass is 31.2. The summed E-state index contributed by atoms with van der Waals surface area (Å²) in [5.74, 6) is -2.65. The Kier molecular flexibility index (Phi) is 7.55. The Balaban J connectivity index is 4.64. The SMILES string of the molecule is NC(/C=C(\CCCC(=O)[O-])CP(=O)(O)O)CC(=O)[O-]. The van der Waals surface area contributed by atoms with Gasteiger partial charge in [-0.25, -0.2) is 0 Å². The Hall–Kier alpha value is -1.21. The predicted octanol–water partition coefficient (Wildman–Crippen LogP) is -2.52. The summed E-state index contributed by atoms with van der Waals surface area (Å²) < 4.78 is 10.9. The first-order valence-electron chi connectivity index (χ1n) is 5.49. The molecule has 9 heteroatoms. The van der Waals surface area contributed by atoms with Crippen molar-refractivity contribution in [1.82, 2.24) is 0 Å². The molecule has 0 aliphatic carbocycles. The molecule has 0 aromatic carbocycles. The highest BCUT2D eigenvalue weighted by molar-refractivity contribution is 7.52. The van der Waals surface area contributed by atoms with E-state index in [-0.39, 0.29) is 24.8 Å². The third-order valence-electron chi connectivity index (χ3n) is 2.14. The molecule has 0 aromatic heterocycles. The lowest BCUT2D eigenvalue weighted by Crippen LogP contribution is -2.31. The van der Waals surface area contributed by atoms with Gasteiger partial charge in [0, 0.05) is 24.4 Å². The van der Waals surface area contributed by atoms with E-state index in [2.05, 4.69) is 0 Å². The lowest BCUT2D eigenvalue weighted by molar-refractivity contribution is -0.307. The molecule has 110 valence electrons. The lowest BCUT2D eigenvalue weighted by atomic mass is 10.1. The molecule has 0 bridgehead atoms. The number of hydrogen-bond donors (Lipinski definition) is 3. The molecular weight excluding hydrogens is 277 g/mol. The summed E-state index contributed by atoms with van der Waals surface area (Å²) in [4.78, 5) is 38.3. The number of nitrogens with two attached hydrogens (primary N) is 1. The van der Waals surface area contributed by atoms with Gasteiger partial charge in [0.2, 0.25) is 0 Å². The fraction of sp³-hybridized carbons (Fsp3) is 0.600. The van der Waals surface area contributed by atoms with Crippen molar-refractivity contribution in [2.24, 2.45) is 5.73 Å². The third-order valence-corrected chi connectivity index (χ3v) is 2.96. The number of hydrogen-bond acceptors (Lipinski definition) is 6. The number of carboxylic acid groups (broad SMARTS) is 2. The second kappa shape index (κ2) is 8.06. The fourth-order valence-corrected chi connectivity index (χ4v) is 2.29. The van der Waals surface area contributed by atoms with Crippen LogP contribution in [0.25, 0.3) is 0 Å². The average molecular weight is 293 g/mol. The Labute approximate surface area is 110 Å². The van der Waals surface area contributed by atoms with E-state index in [1.807, 2.05) is 0 Å². The van der Waals surface area contributed by atoms with Gasteiger partial charge in [-0.15, -0.1) is 0 Å². The molecule has 0 aliphatic heterocycles. The quantitative estimate of drug-likeness (QED) is 0.309. The summed E-state index contributed by atoms with van der Waals surface area (Å²) >= 11 is 0. The van der Waals surface area contributed by atoms with E-state index in [1.54, 1.807) is 0 Å². The van der Waals surface area contributed by atoms with E-state index in [1.165, 1.54) is 6.08 Å². The van der Waals surface area contributed by atoms with Gasteiger partial charge in [0.1, 0.15) is 0 Å². The lowest BCUT2D eigenvalue weighted by Gasteiger charge is -2.13. The molecule has 0 amide bonds. The Morgan fingerprint density at radius 2 is 1.79 bits per heavy atom. The zero-order chi connectivity index (χ0) is 15.1. The Morgan fingerprint density at radius 1 is 1.21 bits per heavy atom. The highest BCUT2D eigenvalue weighted by Gasteiger charge is 2.16. The van der Waals surface area contributed by atoms with Crippen molar-refractivity contribution in [3.8, 4) is 0 Å². The van der Waals surface area contributed by atoms with Crippen LogP contribution in [0.1, 0.15) is 25.7 Å². The summed E-state index contributed by atoms with van der Waals surface area (Å²) in [5.41, 5.74) is 5.67. The molecule has 4 N–H and O–H groups in total. The predicted molar refractivity (Wildman–Crippen MR) is 61.5 cm³/mol. The van der Waals surface area contributed by atoms with E-state index >= 15 is 0 Å². The maximum atomic E-state index is 10.9. The van der Waals surface area contributed by atoms with Crippen molar-refractivity contribution >= 4 is 19.5 Å². The summed E-state index contributed by atoms with van der Waals surface area (Å²) in [6.45, 7) is 0. The van der Waals surface area contributed by atoms with Crippen LogP contribution in [0.15, 0.2) is 11.6 Å². The van der Waals surface area contributed by atoms with Crippen molar-refractivity contribution in [3.05, 3.63) is 11.6 Å². The van der Waals surface area contributed by atoms with Crippen LogP contribution < -0.4 is 15.9 Å². The Bertz CT molecular complexity index is 401. The van der Waals surface area contributed by atoms with Crippen LogP contribution in [0, 0.1) is 0 Å².